The minimum absolute atomic E-state index is 0.495. The van der Waals surface area contributed by atoms with Gasteiger partial charge >= 0.3 is 6.01 Å². The number of benzene rings is 8. The number of fused-ring (bicyclic) bond motifs is 8. The van der Waals surface area contributed by atoms with Gasteiger partial charge in [0.15, 0.2) is 17.2 Å². The van der Waals surface area contributed by atoms with E-state index in [0.717, 1.165) is 88.1 Å². The zero-order valence-corrected chi connectivity index (χ0v) is 31.6. The number of aromatic nitrogens is 6. The van der Waals surface area contributed by atoms with Gasteiger partial charge in [-0.05, 0) is 58.7 Å². The molecule has 4 aromatic heterocycles. The van der Waals surface area contributed by atoms with E-state index in [0.29, 0.717) is 23.6 Å². The Hall–Kier alpha value is -8.16. The summed E-state index contributed by atoms with van der Waals surface area (Å²) in [5.74, 6) is 1.66. The highest BCUT2D eigenvalue weighted by Crippen LogP contribution is 2.42. The second-order valence-corrected chi connectivity index (χ2v) is 14.7. The molecule has 0 bridgehead atoms. The van der Waals surface area contributed by atoms with Crippen LogP contribution in [0.4, 0.5) is 0 Å². The van der Waals surface area contributed by atoms with Gasteiger partial charge in [0.05, 0.1) is 22.1 Å². The smallest absolute Gasteiger partial charge is 0.307 e. The predicted octanol–water partition coefficient (Wildman–Crippen LogP) is 12.9. The van der Waals surface area contributed by atoms with E-state index in [1.165, 1.54) is 0 Å². The van der Waals surface area contributed by atoms with Crippen molar-refractivity contribution in [3.8, 4) is 57.0 Å². The van der Waals surface area contributed by atoms with Gasteiger partial charge in [-0.15, -0.1) is 0 Å². The number of nitrogens with zero attached hydrogens (tertiary/aromatic N) is 6. The Morgan fingerprint density at radius 1 is 0.339 bits per heavy atom. The van der Waals surface area contributed by atoms with Crippen LogP contribution in [0.5, 0.6) is 0 Å². The molecule has 12 aromatic rings. The second-order valence-electron chi connectivity index (χ2n) is 14.7. The minimum atomic E-state index is 0.495. The van der Waals surface area contributed by atoms with Crippen molar-refractivity contribution < 1.29 is 4.42 Å². The van der Waals surface area contributed by atoms with Crippen LogP contribution in [0.1, 0.15) is 0 Å². The van der Waals surface area contributed by atoms with Crippen LogP contribution >= 0.6 is 0 Å². The summed E-state index contributed by atoms with van der Waals surface area (Å²) in [5.41, 5.74) is 11.6. The molecule has 0 aliphatic heterocycles. The quantitative estimate of drug-likeness (QED) is 0.169. The van der Waals surface area contributed by atoms with Gasteiger partial charge in [-0.3, -0.25) is 9.13 Å². The zero-order chi connectivity index (χ0) is 38.9. The Labute approximate surface area is 338 Å². The molecule has 0 radical (unpaired) electrons. The van der Waals surface area contributed by atoms with Gasteiger partial charge in [0, 0.05) is 32.7 Å². The van der Waals surface area contributed by atoms with Gasteiger partial charge in [-0.2, -0.15) is 15.0 Å². The lowest BCUT2D eigenvalue weighted by Crippen LogP contribution is -2.07. The lowest BCUT2D eigenvalue weighted by atomic mass is 10.0. The third-order valence-corrected chi connectivity index (χ3v) is 11.2. The number of hydrogen-bond acceptors (Lipinski definition) is 5. The Balaban J connectivity index is 1.18. The molecule has 7 nitrogen and oxygen atoms in total. The number of oxazole rings is 1. The van der Waals surface area contributed by atoms with Crippen molar-refractivity contribution in [1.29, 1.82) is 0 Å². The fourth-order valence-electron chi connectivity index (χ4n) is 8.52. The van der Waals surface area contributed by atoms with E-state index in [4.69, 9.17) is 24.4 Å². The van der Waals surface area contributed by atoms with Crippen LogP contribution in [0.2, 0.25) is 0 Å². The molecule has 276 valence electrons. The molecule has 8 aromatic carbocycles. The molecule has 0 aliphatic carbocycles. The molecule has 0 atom stereocenters. The first-order valence-electron chi connectivity index (χ1n) is 19.6. The van der Waals surface area contributed by atoms with Crippen molar-refractivity contribution in [2.24, 2.45) is 0 Å². The zero-order valence-electron chi connectivity index (χ0n) is 31.6. The van der Waals surface area contributed by atoms with Crippen molar-refractivity contribution >= 4 is 54.7 Å². The van der Waals surface area contributed by atoms with Crippen LogP contribution in [-0.4, -0.2) is 29.1 Å². The molecular formula is C52H32N6O. The third-order valence-electron chi connectivity index (χ3n) is 11.2. The van der Waals surface area contributed by atoms with Gasteiger partial charge in [0.25, 0.3) is 0 Å². The van der Waals surface area contributed by atoms with E-state index in [-0.39, 0.29) is 0 Å². The molecule has 0 unspecified atom stereocenters. The SMILES string of the molecule is c1ccc(-c2cccc(-c3nc(-c4cccc(-c5ccccc5)c4)nc(-n4c5ccccc5c5ccc6c7ccccc7n(-c7nc8ccccc8o7)c6c54)n3)c2)cc1. The van der Waals surface area contributed by atoms with E-state index in [9.17, 15) is 0 Å². The van der Waals surface area contributed by atoms with Gasteiger partial charge in [0.1, 0.15) is 5.52 Å². The van der Waals surface area contributed by atoms with Crippen LogP contribution in [0.15, 0.2) is 199 Å². The largest absolute Gasteiger partial charge is 0.423 e. The van der Waals surface area contributed by atoms with E-state index in [1.807, 2.05) is 36.4 Å². The molecule has 0 amide bonds. The van der Waals surface area contributed by atoms with Gasteiger partial charge in [0.2, 0.25) is 5.95 Å². The van der Waals surface area contributed by atoms with Gasteiger partial charge in [-0.25, -0.2) is 4.98 Å². The van der Waals surface area contributed by atoms with Gasteiger partial charge in [-0.1, -0.05) is 158 Å². The van der Waals surface area contributed by atoms with E-state index in [1.54, 1.807) is 0 Å². The van der Waals surface area contributed by atoms with E-state index >= 15 is 0 Å². The Morgan fingerprint density at radius 2 is 0.814 bits per heavy atom. The average molecular weight is 757 g/mol. The van der Waals surface area contributed by atoms with Gasteiger partial charge < -0.3 is 4.42 Å². The number of hydrogen-bond donors (Lipinski definition) is 0. The van der Waals surface area contributed by atoms with Crippen LogP contribution < -0.4 is 0 Å². The first-order valence-corrected chi connectivity index (χ1v) is 19.6. The first kappa shape index (κ1) is 33.0. The van der Waals surface area contributed by atoms with Crippen molar-refractivity contribution in [2.45, 2.75) is 0 Å². The highest BCUT2D eigenvalue weighted by atomic mass is 16.4. The average Bonchev–Trinajstić information content (AvgIpc) is 4.00. The van der Waals surface area contributed by atoms with Crippen molar-refractivity contribution in [3.63, 3.8) is 0 Å². The highest BCUT2D eigenvalue weighted by Gasteiger charge is 2.25. The molecule has 7 heteroatoms. The maximum absolute atomic E-state index is 6.55. The van der Waals surface area contributed by atoms with Crippen molar-refractivity contribution in [3.05, 3.63) is 194 Å². The summed E-state index contributed by atoms with van der Waals surface area (Å²) in [6.07, 6.45) is 0. The lowest BCUT2D eigenvalue weighted by Gasteiger charge is -2.13. The molecular weight excluding hydrogens is 725 g/mol. The second kappa shape index (κ2) is 13.2. The summed E-state index contributed by atoms with van der Waals surface area (Å²) in [6.45, 7) is 0. The first-order chi connectivity index (χ1) is 29.2. The molecule has 4 heterocycles. The van der Waals surface area contributed by atoms with Crippen LogP contribution in [-0.2, 0) is 0 Å². The summed E-state index contributed by atoms with van der Waals surface area (Å²) >= 11 is 0. The normalized spacial score (nSPS) is 11.7. The Bertz CT molecular complexity index is 3430. The summed E-state index contributed by atoms with van der Waals surface area (Å²) in [5, 5.41) is 4.31. The Kier molecular flexibility index (Phi) is 7.40. The number of rotatable bonds is 6. The maximum Gasteiger partial charge on any atom is 0.307 e. The molecule has 0 spiro atoms. The molecule has 0 fully saturated rings. The topological polar surface area (TPSA) is 74.6 Å². The lowest BCUT2D eigenvalue weighted by molar-refractivity contribution is 0.574. The van der Waals surface area contributed by atoms with Crippen LogP contribution in [0.25, 0.3) is 112 Å². The maximum atomic E-state index is 6.55. The summed E-state index contributed by atoms with van der Waals surface area (Å²) < 4.78 is 10.9. The Morgan fingerprint density at radius 3 is 1.41 bits per heavy atom. The molecule has 59 heavy (non-hydrogen) atoms. The molecule has 0 N–H and O–H groups in total. The predicted molar refractivity (Wildman–Crippen MR) is 238 cm³/mol. The third kappa shape index (κ3) is 5.36. The molecule has 0 aliphatic rings. The standard InChI is InChI=1S/C52H32N6O/c1-3-15-33(16-4-1)35-19-13-21-37(31-35)49-54-50(38-22-14-20-36(32-38)34-17-5-2-6-18-34)56-51(55-49)57-44-26-10-7-23-39(44)41-29-30-42-40-24-8-11-27-45(40)58(48(42)47(41)57)52-53-43-25-9-12-28-46(43)59-52/h1-32H. The fraction of sp³-hybridized carbons (Fsp3) is 0. The summed E-state index contributed by atoms with van der Waals surface area (Å²) in [4.78, 5) is 21.0. The monoisotopic (exact) mass is 756 g/mol. The molecule has 0 saturated heterocycles. The minimum Gasteiger partial charge on any atom is -0.423 e. The van der Waals surface area contributed by atoms with Crippen molar-refractivity contribution in [2.75, 3.05) is 0 Å². The van der Waals surface area contributed by atoms with Crippen LogP contribution in [0.3, 0.4) is 0 Å². The van der Waals surface area contributed by atoms with Crippen LogP contribution in [0, 0.1) is 0 Å². The molecule has 12 rings (SSSR count). The van der Waals surface area contributed by atoms with E-state index < -0.39 is 0 Å². The van der Waals surface area contributed by atoms with Crippen molar-refractivity contribution in [1.82, 2.24) is 29.1 Å². The highest BCUT2D eigenvalue weighted by molar-refractivity contribution is 6.23. The van der Waals surface area contributed by atoms with E-state index in [2.05, 4.69) is 167 Å². The fourth-order valence-corrected chi connectivity index (χ4v) is 8.52. The molecule has 0 saturated carbocycles. The summed E-state index contributed by atoms with van der Waals surface area (Å²) in [7, 11) is 0. The number of para-hydroxylation sites is 4. The summed E-state index contributed by atoms with van der Waals surface area (Å²) in [6, 6.07) is 67.4.